The fraction of sp³-hybridized carbons (Fsp3) is 0.158. The fourth-order valence-corrected chi connectivity index (χ4v) is 2.62. The number of fused-ring (bicyclic) bond motifs is 1. The van der Waals surface area contributed by atoms with Crippen molar-refractivity contribution in [1.29, 1.82) is 0 Å². The summed E-state index contributed by atoms with van der Waals surface area (Å²) in [6.45, 7) is 2.02. The summed E-state index contributed by atoms with van der Waals surface area (Å²) in [5.74, 6) is -0.996. The summed E-state index contributed by atoms with van der Waals surface area (Å²) in [6.07, 6.45) is 1.83. The summed E-state index contributed by atoms with van der Waals surface area (Å²) in [7, 11) is 0. The smallest absolute Gasteiger partial charge is 0.338 e. The number of rotatable bonds is 5. The number of halogens is 1. The van der Waals surface area contributed by atoms with Crippen molar-refractivity contribution >= 4 is 28.5 Å². The monoisotopic (exact) mass is 340 g/mol. The summed E-state index contributed by atoms with van der Waals surface area (Å²) in [6, 6.07) is 11.0. The van der Waals surface area contributed by atoms with Gasteiger partial charge in [-0.05, 0) is 48.9 Å². The maximum atomic E-state index is 13.2. The van der Waals surface area contributed by atoms with Crippen LogP contribution in [0.4, 0.5) is 10.1 Å². The van der Waals surface area contributed by atoms with Crippen molar-refractivity contribution in [2.75, 3.05) is 11.9 Å². The van der Waals surface area contributed by atoms with E-state index in [1.807, 2.05) is 0 Å². The van der Waals surface area contributed by atoms with Crippen molar-refractivity contribution in [3.63, 3.8) is 0 Å². The summed E-state index contributed by atoms with van der Waals surface area (Å²) in [5.41, 5.74) is 2.31. The lowest BCUT2D eigenvalue weighted by atomic mass is 10.1. The highest BCUT2D eigenvalue weighted by Crippen LogP contribution is 2.20. The average molecular weight is 340 g/mol. The number of anilines is 1. The van der Waals surface area contributed by atoms with Gasteiger partial charge in [-0.2, -0.15) is 0 Å². The van der Waals surface area contributed by atoms with Gasteiger partial charge in [0, 0.05) is 22.8 Å². The van der Waals surface area contributed by atoms with E-state index >= 15 is 0 Å². The first kappa shape index (κ1) is 16.7. The lowest BCUT2D eigenvalue weighted by Crippen LogP contribution is -2.15. The van der Waals surface area contributed by atoms with E-state index < -0.39 is 5.97 Å². The first-order valence-corrected chi connectivity index (χ1v) is 7.89. The standard InChI is InChI=1S/C19H17FN2O3/c1-2-25-19(24)12-4-3-5-15(8-12)22-18(23)9-13-11-21-17-10-14(20)6-7-16(13)17/h3-8,10-11,21H,2,9H2,1H3,(H,22,23). The molecule has 1 heterocycles. The fourth-order valence-electron chi connectivity index (χ4n) is 2.62. The zero-order chi connectivity index (χ0) is 17.8. The third kappa shape index (κ3) is 3.85. The van der Waals surface area contributed by atoms with Crippen molar-refractivity contribution in [3.05, 3.63) is 65.6 Å². The van der Waals surface area contributed by atoms with E-state index in [-0.39, 0.29) is 24.8 Å². The van der Waals surface area contributed by atoms with Crippen LogP contribution in [-0.2, 0) is 16.0 Å². The third-order valence-electron chi connectivity index (χ3n) is 3.74. The Morgan fingerprint density at radius 1 is 1.20 bits per heavy atom. The molecule has 128 valence electrons. The van der Waals surface area contributed by atoms with E-state index in [2.05, 4.69) is 10.3 Å². The molecule has 0 aliphatic heterocycles. The molecule has 0 fully saturated rings. The van der Waals surface area contributed by atoms with Crippen LogP contribution in [0.5, 0.6) is 0 Å². The van der Waals surface area contributed by atoms with Crippen LogP contribution in [0.2, 0.25) is 0 Å². The minimum Gasteiger partial charge on any atom is -0.462 e. The first-order chi connectivity index (χ1) is 12.1. The molecule has 0 spiro atoms. The molecule has 2 aromatic carbocycles. The van der Waals surface area contributed by atoms with Crippen LogP contribution < -0.4 is 5.32 Å². The molecule has 25 heavy (non-hydrogen) atoms. The molecule has 2 N–H and O–H groups in total. The zero-order valence-electron chi connectivity index (χ0n) is 13.6. The van der Waals surface area contributed by atoms with Gasteiger partial charge >= 0.3 is 5.97 Å². The maximum absolute atomic E-state index is 13.2. The Morgan fingerprint density at radius 2 is 2.04 bits per heavy atom. The Kier molecular flexibility index (Phi) is 4.79. The second kappa shape index (κ2) is 7.17. The number of carbonyl (C=O) groups excluding carboxylic acids is 2. The molecule has 1 aromatic heterocycles. The van der Waals surface area contributed by atoms with E-state index in [0.29, 0.717) is 16.8 Å². The highest BCUT2D eigenvalue weighted by Gasteiger charge is 2.11. The quantitative estimate of drug-likeness (QED) is 0.696. The van der Waals surface area contributed by atoms with Gasteiger partial charge in [0.15, 0.2) is 0 Å². The molecular weight excluding hydrogens is 323 g/mol. The number of ether oxygens (including phenoxy) is 1. The van der Waals surface area contributed by atoms with E-state index in [1.54, 1.807) is 43.5 Å². The van der Waals surface area contributed by atoms with Gasteiger partial charge in [-0.3, -0.25) is 4.79 Å². The second-order valence-corrected chi connectivity index (χ2v) is 5.53. The number of benzene rings is 2. The number of amides is 1. The molecule has 3 rings (SSSR count). The normalized spacial score (nSPS) is 10.6. The van der Waals surface area contributed by atoms with Gasteiger partial charge in [0.25, 0.3) is 0 Å². The Morgan fingerprint density at radius 3 is 2.84 bits per heavy atom. The molecule has 0 saturated heterocycles. The lowest BCUT2D eigenvalue weighted by Gasteiger charge is -2.07. The van der Waals surface area contributed by atoms with E-state index in [4.69, 9.17) is 4.74 Å². The number of esters is 1. The van der Waals surface area contributed by atoms with E-state index in [9.17, 15) is 14.0 Å². The van der Waals surface area contributed by atoms with E-state index in [1.165, 1.54) is 12.1 Å². The summed E-state index contributed by atoms with van der Waals surface area (Å²) >= 11 is 0. The molecule has 5 nitrogen and oxygen atoms in total. The molecular formula is C19H17FN2O3. The summed E-state index contributed by atoms with van der Waals surface area (Å²) in [5, 5.41) is 3.56. The number of hydrogen-bond donors (Lipinski definition) is 2. The van der Waals surface area contributed by atoms with Gasteiger partial charge in [0.05, 0.1) is 18.6 Å². The molecule has 1 amide bonds. The third-order valence-corrected chi connectivity index (χ3v) is 3.74. The zero-order valence-corrected chi connectivity index (χ0v) is 13.6. The van der Waals surface area contributed by atoms with Crippen LogP contribution in [-0.4, -0.2) is 23.5 Å². The molecule has 3 aromatic rings. The Hall–Kier alpha value is -3.15. The molecule has 0 unspecified atom stereocenters. The molecule has 0 saturated carbocycles. The number of aromatic amines is 1. The Bertz CT molecular complexity index is 933. The van der Waals surface area contributed by atoms with Gasteiger partial charge in [0.2, 0.25) is 5.91 Å². The molecule has 0 bridgehead atoms. The molecule has 0 radical (unpaired) electrons. The summed E-state index contributed by atoms with van der Waals surface area (Å²) < 4.78 is 18.2. The van der Waals surface area contributed by atoms with Crippen molar-refractivity contribution in [1.82, 2.24) is 4.98 Å². The molecule has 0 aliphatic carbocycles. The predicted octanol–water partition coefficient (Wildman–Crippen LogP) is 3.66. The Balaban J connectivity index is 1.72. The second-order valence-electron chi connectivity index (χ2n) is 5.53. The van der Waals surface area contributed by atoms with Crippen LogP contribution in [0.15, 0.2) is 48.7 Å². The van der Waals surface area contributed by atoms with Gasteiger partial charge in [-0.25, -0.2) is 9.18 Å². The van der Waals surface area contributed by atoms with Gasteiger partial charge in [-0.1, -0.05) is 6.07 Å². The maximum Gasteiger partial charge on any atom is 0.338 e. The average Bonchev–Trinajstić information content (AvgIpc) is 2.97. The molecule has 0 atom stereocenters. The first-order valence-electron chi connectivity index (χ1n) is 7.89. The SMILES string of the molecule is CCOC(=O)c1cccc(NC(=O)Cc2c[nH]c3cc(F)ccc23)c1. The van der Waals surface area contributed by atoms with Gasteiger partial charge in [-0.15, -0.1) is 0 Å². The molecule has 6 heteroatoms. The van der Waals surface area contributed by atoms with Gasteiger partial charge in [0.1, 0.15) is 5.82 Å². The largest absolute Gasteiger partial charge is 0.462 e. The molecule has 0 aliphatic rings. The predicted molar refractivity (Wildman–Crippen MR) is 93.0 cm³/mol. The summed E-state index contributed by atoms with van der Waals surface area (Å²) in [4.78, 5) is 27.0. The van der Waals surface area contributed by atoms with E-state index in [0.717, 1.165) is 10.9 Å². The van der Waals surface area contributed by atoms with Crippen molar-refractivity contribution in [2.24, 2.45) is 0 Å². The van der Waals surface area contributed by atoms with Crippen molar-refractivity contribution < 1.29 is 18.7 Å². The van der Waals surface area contributed by atoms with Crippen LogP contribution >= 0.6 is 0 Å². The minimum absolute atomic E-state index is 0.134. The van der Waals surface area contributed by atoms with Crippen LogP contribution in [0.1, 0.15) is 22.8 Å². The van der Waals surface area contributed by atoms with Crippen LogP contribution in [0, 0.1) is 5.82 Å². The van der Waals surface area contributed by atoms with Crippen LogP contribution in [0.25, 0.3) is 10.9 Å². The highest BCUT2D eigenvalue weighted by molar-refractivity contribution is 5.97. The van der Waals surface area contributed by atoms with Crippen molar-refractivity contribution in [2.45, 2.75) is 13.3 Å². The van der Waals surface area contributed by atoms with Gasteiger partial charge < -0.3 is 15.0 Å². The van der Waals surface area contributed by atoms with Crippen molar-refractivity contribution in [3.8, 4) is 0 Å². The minimum atomic E-state index is -0.433. The number of carbonyl (C=O) groups is 2. The lowest BCUT2D eigenvalue weighted by molar-refractivity contribution is -0.115. The van der Waals surface area contributed by atoms with Crippen LogP contribution in [0.3, 0.4) is 0 Å². The topological polar surface area (TPSA) is 71.2 Å². The number of hydrogen-bond acceptors (Lipinski definition) is 3. The highest BCUT2D eigenvalue weighted by atomic mass is 19.1. The Labute approximate surface area is 143 Å². The number of H-pyrrole nitrogens is 1. The number of aromatic nitrogens is 1. The number of nitrogens with one attached hydrogen (secondary N) is 2.